The highest BCUT2D eigenvalue weighted by molar-refractivity contribution is 5.84. The first-order valence-electron chi connectivity index (χ1n) is 9.40. The summed E-state index contributed by atoms with van der Waals surface area (Å²) in [6.07, 6.45) is 3.18. The average Bonchev–Trinajstić information content (AvgIpc) is 3.12. The van der Waals surface area contributed by atoms with Crippen molar-refractivity contribution in [2.45, 2.75) is 32.1 Å². The van der Waals surface area contributed by atoms with Crippen LogP contribution < -0.4 is 11.1 Å². The molecule has 3 rings (SSSR count). The van der Waals surface area contributed by atoms with Gasteiger partial charge in [-0.25, -0.2) is 4.79 Å². The summed E-state index contributed by atoms with van der Waals surface area (Å²) in [6, 6.07) is 1.45. The minimum absolute atomic E-state index is 0.112. The van der Waals surface area contributed by atoms with Crippen molar-refractivity contribution in [1.82, 2.24) is 15.4 Å². The molecule has 2 saturated heterocycles. The molecule has 9 heteroatoms. The minimum Gasteiger partial charge on any atom is -0.475 e. The number of nitrogens with one attached hydrogen (secondary N) is 1. The maximum absolute atomic E-state index is 12.7. The standard InChI is InChI=1S/C18H26N4O5/c19-17(24)11-2-5-22(6-3-11)16(23)8-12-1-4-20-10-13(12)7-14-9-15(18(25)26)27-21-14/h9,11-13,20H,1-8,10H2,(H2,19,24)(H,25,26). The van der Waals surface area contributed by atoms with E-state index in [2.05, 4.69) is 10.5 Å². The molecule has 2 aliphatic heterocycles. The van der Waals surface area contributed by atoms with E-state index in [-0.39, 0.29) is 35.3 Å². The number of carboxylic acids is 1. The molecule has 1 aromatic heterocycles. The number of carbonyl (C=O) groups is 3. The quantitative estimate of drug-likeness (QED) is 0.645. The van der Waals surface area contributed by atoms with Crippen LogP contribution in [0, 0.1) is 17.8 Å². The zero-order valence-electron chi connectivity index (χ0n) is 15.2. The molecule has 2 unspecified atom stereocenters. The van der Waals surface area contributed by atoms with Crippen LogP contribution in [0.3, 0.4) is 0 Å². The molecule has 27 heavy (non-hydrogen) atoms. The first-order chi connectivity index (χ1) is 12.9. The number of hydrogen-bond donors (Lipinski definition) is 3. The molecular formula is C18H26N4O5. The number of likely N-dealkylation sites (tertiary alicyclic amines) is 1. The van der Waals surface area contributed by atoms with Gasteiger partial charge < -0.3 is 25.6 Å². The fourth-order valence-corrected chi connectivity index (χ4v) is 4.03. The van der Waals surface area contributed by atoms with Gasteiger partial charge in [-0.15, -0.1) is 0 Å². The molecule has 9 nitrogen and oxygen atoms in total. The molecule has 3 heterocycles. The van der Waals surface area contributed by atoms with E-state index in [9.17, 15) is 14.4 Å². The fourth-order valence-electron chi connectivity index (χ4n) is 4.03. The molecule has 0 spiro atoms. The van der Waals surface area contributed by atoms with Crippen LogP contribution in [0.25, 0.3) is 0 Å². The highest BCUT2D eigenvalue weighted by atomic mass is 16.5. The van der Waals surface area contributed by atoms with Crippen molar-refractivity contribution in [3.05, 3.63) is 17.5 Å². The summed E-state index contributed by atoms with van der Waals surface area (Å²) in [5, 5.41) is 16.1. The molecule has 0 aromatic carbocycles. The van der Waals surface area contributed by atoms with Gasteiger partial charge in [0, 0.05) is 31.5 Å². The topological polar surface area (TPSA) is 139 Å². The van der Waals surface area contributed by atoms with Crippen molar-refractivity contribution in [1.29, 1.82) is 0 Å². The smallest absolute Gasteiger partial charge is 0.374 e. The van der Waals surface area contributed by atoms with Gasteiger partial charge in [-0.3, -0.25) is 9.59 Å². The molecule has 0 radical (unpaired) electrons. The van der Waals surface area contributed by atoms with Crippen LogP contribution in [-0.2, 0) is 16.0 Å². The molecular weight excluding hydrogens is 352 g/mol. The Hall–Kier alpha value is -2.42. The monoisotopic (exact) mass is 378 g/mol. The van der Waals surface area contributed by atoms with Crippen molar-refractivity contribution in [3.63, 3.8) is 0 Å². The van der Waals surface area contributed by atoms with Gasteiger partial charge in [0.2, 0.25) is 17.6 Å². The Morgan fingerprint density at radius 1 is 1.26 bits per heavy atom. The van der Waals surface area contributed by atoms with Crippen molar-refractivity contribution in [2.24, 2.45) is 23.5 Å². The number of aromatic nitrogens is 1. The normalized spacial score (nSPS) is 23.9. The van der Waals surface area contributed by atoms with Crippen molar-refractivity contribution in [2.75, 3.05) is 26.2 Å². The van der Waals surface area contributed by atoms with Crippen molar-refractivity contribution < 1.29 is 24.0 Å². The lowest BCUT2D eigenvalue weighted by Crippen LogP contribution is -2.44. The van der Waals surface area contributed by atoms with Crippen LogP contribution in [0.5, 0.6) is 0 Å². The van der Waals surface area contributed by atoms with Crippen LogP contribution in [-0.4, -0.2) is 59.1 Å². The summed E-state index contributed by atoms with van der Waals surface area (Å²) in [4.78, 5) is 36.7. The Morgan fingerprint density at radius 2 is 2.00 bits per heavy atom. The number of amides is 2. The van der Waals surface area contributed by atoms with E-state index in [0.717, 1.165) is 19.5 Å². The van der Waals surface area contributed by atoms with E-state index in [0.29, 0.717) is 44.5 Å². The van der Waals surface area contributed by atoms with E-state index in [4.69, 9.17) is 15.4 Å². The number of nitrogens with zero attached hydrogens (tertiary/aromatic N) is 2. The third-order valence-corrected chi connectivity index (χ3v) is 5.69. The fraction of sp³-hybridized carbons (Fsp3) is 0.667. The molecule has 1 aromatic rings. The van der Waals surface area contributed by atoms with Crippen molar-refractivity contribution >= 4 is 17.8 Å². The number of carbonyl (C=O) groups excluding carboxylic acids is 2. The van der Waals surface area contributed by atoms with Crippen LogP contribution in [0.1, 0.15) is 41.9 Å². The first-order valence-corrected chi connectivity index (χ1v) is 9.40. The van der Waals surface area contributed by atoms with Crippen LogP contribution in [0.15, 0.2) is 10.6 Å². The number of primary amides is 1. The summed E-state index contributed by atoms with van der Waals surface area (Å²) in [5.74, 6) is -1.21. The largest absolute Gasteiger partial charge is 0.475 e. The Morgan fingerprint density at radius 3 is 2.63 bits per heavy atom. The zero-order chi connectivity index (χ0) is 19.4. The molecule has 0 saturated carbocycles. The van der Waals surface area contributed by atoms with E-state index in [1.165, 1.54) is 6.07 Å². The highest BCUT2D eigenvalue weighted by Crippen LogP contribution is 2.28. The molecule has 2 atom stereocenters. The zero-order valence-corrected chi connectivity index (χ0v) is 15.2. The van der Waals surface area contributed by atoms with Gasteiger partial charge in [-0.2, -0.15) is 0 Å². The van der Waals surface area contributed by atoms with Gasteiger partial charge >= 0.3 is 5.97 Å². The maximum atomic E-state index is 12.7. The number of hydrogen-bond acceptors (Lipinski definition) is 6. The third kappa shape index (κ3) is 4.85. The molecule has 0 bridgehead atoms. The second-order valence-corrected chi connectivity index (χ2v) is 7.47. The van der Waals surface area contributed by atoms with Gasteiger partial charge in [0.25, 0.3) is 0 Å². The number of carboxylic acid groups (broad SMARTS) is 1. The number of nitrogens with two attached hydrogens (primary N) is 1. The molecule has 4 N–H and O–H groups in total. The van der Waals surface area contributed by atoms with E-state index in [1.807, 2.05) is 4.90 Å². The Bertz CT molecular complexity index is 696. The summed E-state index contributed by atoms with van der Waals surface area (Å²) in [5.41, 5.74) is 5.95. The van der Waals surface area contributed by atoms with Crippen molar-refractivity contribution in [3.8, 4) is 0 Å². The lowest BCUT2D eigenvalue weighted by Gasteiger charge is -2.35. The lowest BCUT2D eigenvalue weighted by atomic mass is 9.80. The van der Waals surface area contributed by atoms with Gasteiger partial charge in [0.05, 0.1) is 5.69 Å². The maximum Gasteiger partial charge on any atom is 0.374 e. The minimum atomic E-state index is -1.14. The number of piperidine rings is 2. The van der Waals surface area contributed by atoms with Crippen LogP contribution >= 0.6 is 0 Å². The molecule has 2 amide bonds. The highest BCUT2D eigenvalue weighted by Gasteiger charge is 2.32. The van der Waals surface area contributed by atoms with Gasteiger partial charge in [-0.1, -0.05) is 5.16 Å². The number of rotatable bonds is 6. The lowest BCUT2D eigenvalue weighted by molar-refractivity contribution is -0.136. The molecule has 2 fully saturated rings. The summed E-state index contributed by atoms with van der Waals surface area (Å²) in [6.45, 7) is 2.77. The SMILES string of the molecule is NC(=O)C1CCN(C(=O)CC2CCNCC2Cc2cc(C(=O)O)on2)CC1. The summed E-state index contributed by atoms with van der Waals surface area (Å²) < 4.78 is 4.83. The first kappa shape index (κ1) is 19.3. The predicted octanol–water partition coefficient (Wildman–Crippen LogP) is 0.255. The molecule has 2 aliphatic rings. The van der Waals surface area contributed by atoms with Gasteiger partial charge in [0.15, 0.2) is 0 Å². The van der Waals surface area contributed by atoms with Gasteiger partial charge in [-0.05, 0) is 50.6 Å². The predicted molar refractivity (Wildman–Crippen MR) is 94.7 cm³/mol. The summed E-state index contributed by atoms with van der Waals surface area (Å²) >= 11 is 0. The Balaban J connectivity index is 1.56. The second kappa shape index (κ2) is 8.51. The van der Waals surface area contributed by atoms with Crippen LogP contribution in [0.2, 0.25) is 0 Å². The second-order valence-electron chi connectivity index (χ2n) is 7.47. The summed E-state index contributed by atoms with van der Waals surface area (Å²) in [7, 11) is 0. The average molecular weight is 378 g/mol. The molecule has 0 aliphatic carbocycles. The molecule has 148 valence electrons. The van der Waals surface area contributed by atoms with E-state index < -0.39 is 5.97 Å². The Kier molecular flexibility index (Phi) is 6.10. The Labute approximate surface area is 157 Å². The van der Waals surface area contributed by atoms with E-state index >= 15 is 0 Å². The van der Waals surface area contributed by atoms with Crippen LogP contribution in [0.4, 0.5) is 0 Å². The van der Waals surface area contributed by atoms with Gasteiger partial charge in [0.1, 0.15) is 0 Å². The van der Waals surface area contributed by atoms with E-state index in [1.54, 1.807) is 0 Å². The third-order valence-electron chi connectivity index (χ3n) is 5.69. The number of aromatic carboxylic acids is 1.